The summed E-state index contributed by atoms with van der Waals surface area (Å²) in [5, 5.41) is 1.10. The van der Waals surface area contributed by atoms with E-state index in [2.05, 4.69) is 11.1 Å². The van der Waals surface area contributed by atoms with Crippen LogP contribution in [0.15, 0.2) is 48.5 Å². The van der Waals surface area contributed by atoms with Crippen molar-refractivity contribution in [2.45, 2.75) is 0 Å². The summed E-state index contributed by atoms with van der Waals surface area (Å²) >= 11 is 0. The zero-order valence-corrected chi connectivity index (χ0v) is 14.1. The molecule has 0 unspecified atom stereocenters. The number of morpholine rings is 1. The molecule has 0 saturated carbocycles. The lowest BCUT2D eigenvalue weighted by Crippen LogP contribution is -2.40. The second-order valence-corrected chi connectivity index (χ2v) is 6.12. The molecule has 0 bridgehead atoms. The fourth-order valence-electron chi connectivity index (χ4n) is 3.13. The van der Waals surface area contributed by atoms with E-state index in [0.717, 1.165) is 27.9 Å². The van der Waals surface area contributed by atoms with Gasteiger partial charge < -0.3 is 19.4 Å². The first-order chi connectivity index (χ1) is 12.2. The molecule has 1 aromatic heterocycles. The minimum absolute atomic E-state index is 0.0660. The normalized spacial score (nSPS) is 14.7. The highest BCUT2D eigenvalue weighted by Crippen LogP contribution is 2.27. The summed E-state index contributed by atoms with van der Waals surface area (Å²) in [5.74, 6) is 0.903. The van der Waals surface area contributed by atoms with Crippen LogP contribution in [0, 0.1) is 0 Å². The molecule has 1 amide bonds. The van der Waals surface area contributed by atoms with Crippen LogP contribution in [0.2, 0.25) is 0 Å². The van der Waals surface area contributed by atoms with Crippen LogP contribution in [0.3, 0.4) is 0 Å². The maximum absolute atomic E-state index is 12.5. The van der Waals surface area contributed by atoms with E-state index >= 15 is 0 Å². The summed E-state index contributed by atoms with van der Waals surface area (Å²) in [6, 6.07) is 15.8. The van der Waals surface area contributed by atoms with Crippen LogP contribution >= 0.6 is 0 Å². The van der Waals surface area contributed by atoms with Crippen molar-refractivity contribution in [2.24, 2.45) is 0 Å². The lowest BCUT2D eigenvalue weighted by molar-refractivity contribution is 0.0303. The molecular formula is C20H20N2O3. The van der Waals surface area contributed by atoms with E-state index in [4.69, 9.17) is 9.47 Å². The Hall–Kier alpha value is -2.79. The van der Waals surface area contributed by atoms with E-state index in [0.29, 0.717) is 31.9 Å². The van der Waals surface area contributed by atoms with E-state index < -0.39 is 0 Å². The molecular weight excluding hydrogens is 316 g/mol. The smallest absolute Gasteiger partial charge is 0.254 e. The van der Waals surface area contributed by atoms with Crippen molar-refractivity contribution < 1.29 is 14.3 Å². The summed E-state index contributed by atoms with van der Waals surface area (Å²) in [5.41, 5.74) is 3.84. The Kier molecular flexibility index (Phi) is 4.15. The minimum atomic E-state index is 0.0660. The number of aromatic amines is 1. The van der Waals surface area contributed by atoms with Crippen molar-refractivity contribution in [1.29, 1.82) is 0 Å². The summed E-state index contributed by atoms with van der Waals surface area (Å²) in [4.78, 5) is 17.8. The molecule has 3 aromatic rings. The van der Waals surface area contributed by atoms with E-state index in [-0.39, 0.29) is 5.91 Å². The standard InChI is InChI=1S/C20H20N2O3/c1-24-17-6-7-18-16(12-17)13-19(21-18)14-2-4-15(5-3-14)20(23)22-8-10-25-11-9-22/h2-7,12-13,21H,8-11H2,1H3. The highest BCUT2D eigenvalue weighted by atomic mass is 16.5. The molecule has 0 spiro atoms. The fraction of sp³-hybridized carbons (Fsp3) is 0.250. The maximum Gasteiger partial charge on any atom is 0.254 e. The first-order valence-electron chi connectivity index (χ1n) is 8.39. The number of nitrogens with zero attached hydrogens (tertiary/aromatic N) is 1. The summed E-state index contributed by atoms with van der Waals surface area (Å²) in [6.45, 7) is 2.54. The number of rotatable bonds is 3. The second kappa shape index (κ2) is 6.61. The molecule has 0 atom stereocenters. The zero-order chi connectivity index (χ0) is 17.2. The molecule has 2 aromatic carbocycles. The Balaban J connectivity index is 1.58. The molecule has 0 radical (unpaired) electrons. The third kappa shape index (κ3) is 3.10. The second-order valence-electron chi connectivity index (χ2n) is 6.12. The van der Waals surface area contributed by atoms with E-state index in [1.807, 2.05) is 47.4 Å². The number of fused-ring (bicyclic) bond motifs is 1. The predicted octanol–water partition coefficient (Wildman–Crippen LogP) is 3.32. The number of benzene rings is 2. The van der Waals surface area contributed by atoms with Gasteiger partial charge in [-0.1, -0.05) is 12.1 Å². The van der Waals surface area contributed by atoms with Gasteiger partial charge in [-0.3, -0.25) is 4.79 Å². The highest BCUT2D eigenvalue weighted by Gasteiger charge is 2.18. The van der Waals surface area contributed by atoms with Crippen LogP contribution in [0.4, 0.5) is 0 Å². The van der Waals surface area contributed by atoms with E-state index in [1.54, 1.807) is 7.11 Å². The monoisotopic (exact) mass is 336 g/mol. The van der Waals surface area contributed by atoms with Crippen LogP contribution in [-0.4, -0.2) is 49.2 Å². The van der Waals surface area contributed by atoms with Crippen LogP contribution in [0.25, 0.3) is 22.2 Å². The molecule has 1 saturated heterocycles. The van der Waals surface area contributed by atoms with Crippen molar-refractivity contribution in [3.8, 4) is 17.0 Å². The van der Waals surface area contributed by atoms with Crippen molar-refractivity contribution >= 4 is 16.8 Å². The lowest BCUT2D eigenvalue weighted by atomic mass is 10.1. The van der Waals surface area contributed by atoms with Crippen molar-refractivity contribution in [3.05, 3.63) is 54.1 Å². The number of amides is 1. The van der Waals surface area contributed by atoms with Gasteiger partial charge in [0, 0.05) is 35.2 Å². The highest BCUT2D eigenvalue weighted by molar-refractivity contribution is 5.95. The first-order valence-corrected chi connectivity index (χ1v) is 8.39. The Morgan fingerprint density at radius 2 is 1.84 bits per heavy atom. The molecule has 1 aliphatic rings. The number of hydrogen-bond donors (Lipinski definition) is 1. The summed E-state index contributed by atoms with van der Waals surface area (Å²) in [6.07, 6.45) is 0. The molecule has 4 rings (SSSR count). The van der Waals surface area contributed by atoms with Crippen LogP contribution in [0.5, 0.6) is 5.75 Å². The molecule has 5 heteroatoms. The topological polar surface area (TPSA) is 54.6 Å². The number of methoxy groups -OCH3 is 1. The molecule has 2 heterocycles. The van der Waals surface area contributed by atoms with Crippen LogP contribution in [0.1, 0.15) is 10.4 Å². The van der Waals surface area contributed by atoms with Gasteiger partial charge in [-0.15, -0.1) is 0 Å². The van der Waals surface area contributed by atoms with Crippen molar-refractivity contribution in [1.82, 2.24) is 9.88 Å². The van der Waals surface area contributed by atoms with Gasteiger partial charge in [-0.25, -0.2) is 0 Å². The number of carbonyl (C=O) groups excluding carboxylic acids is 1. The van der Waals surface area contributed by atoms with Gasteiger partial charge in [-0.2, -0.15) is 0 Å². The minimum Gasteiger partial charge on any atom is -0.497 e. The molecule has 0 aliphatic carbocycles. The SMILES string of the molecule is COc1ccc2[nH]c(-c3ccc(C(=O)N4CCOCC4)cc3)cc2c1. The van der Waals surface area contributed by atoms with Gasteiger partial charge in [-0.05, 0) is 42.0 Å². The largest absolute Gasteiger partial charge is 0.497 e. The Bertz CT molecular complexity index is 893. The molecule has 128 valence electrons. The number of carbonyl (C=O) groups is 1. The number of ether oxygens (including phenoxy) is 2. The Labute approximate surface area is 146 Å². The van der Waals surface area contributed by atoms with Gasteiger partial charge in [0.2, 0.25) is 0 Å². The van der Waals surface area contributed by atoms with Crippen molar-refractivity contribution in [2.75, 3.05) is 33.4 Å². The predicted molar refractivity (Wildman–Crippen MR) is 97.0 cm³/mol. The molecule has 5 nitrogen and oxygen atoms in total. The van der Waals surface area contributed by atoms with Crippen LogP contribution in [-0.2, 0) is 4.74 Å². The number of nitrogens with one attached hydrogen (secondary N) is 1. The van der Waals surface area contributed by atoms with E-state index in [1.165, 1.54) is 0 Å². The van der Waals surface area contributed by atoms with Gasteiger partial charge >= 0.3 is 0 Å². The lowest BCUT2D eigenvalue weighted by Gasteiger charge is -2.26. The third-order valence-electron chi connectivity index (χ3n) is 4.57. The molecule has 25 heavy (non-hydrogen) atoms. The van der Waals surface area contributed by atoms with Gasteiger partial charge in [0.15, 0.2) is 0 Å². The maximum atomic E-state index is 12.5. The molecule has 1 N–H and O–H groups in total. The summed E-state index contributed by atoms with van der Waals surface area (Å²) < 4.78 is 10.6. The Morgan fingerprint density at radius 1 is 1.08 bits per heavy atom. The van der Waals surface area contributed by atoms with Crippen molar-refractivity contribution in [3.63, 3.8) is 0 Å². The molecule has 1 aliphatic heterocycles. The molecule has 1 fully saturated rings. The van der Waals surface area contributed by atoms with E-state index in [9.17, 15) is 4.79 Å². The average Bonchev–Trinajstić information content (AvgIpc) is 3.11. The van der Waals surface area contributed by atoms with Gasteiger partial charge in [0.05, 0.1) is 20.3 Å². The third-order valence-corrected chi connectivity index (χ3v) is 4.57. The number of aromatic nitrogens is 1. The zero-order valence-electron chi connectivity index (χ0n) is 14.1. The quantitative estimate of drug-likeness (QED) is 0.798. The number of H-pyrrole nitrogens is 1. The van der Waals surface area contributed by atoms with Crippen LogP contribution < -0.4 is 4.74 Å². The Morgan fingerprint density at radius 3 is 2.56 bits per heavy atom. The van der Waals surface area contributed by atoms with Gasteiger partial charge in [0.1, 0.15) is 5.75 Å². The fourth-order valence-corrected chi connectivity index (χ4v) is 3.13. The first kappa shape index (κ1) is 15.7. The average molecular weight is 336 g/mol. The number of hydrogen-bond acceptors (Lipinski definition) is 3. The summed E-state index contributed by atoms with van der Waals surface area (Å²) in [7, 11) is 1.67. The van der Waals surface area contributed by atoms with Gasteiger partial charge in [0.25, 0.3) is 5.91 Å².